The van der Waals surface area contributed by atoms with Gasteiger partial charge in [0.2, 0.25) is 0 Å². The SMILES string of the molecule is Cc1cn2ncc(C3CCC(C=O)CC3)c2cc1-c1cnc(CO[C@H]2CCC[C@@H]2O)nc1. The maximum Gasteiger partial charge on any atom is 0.153 e. The number of hydrogen-bond acceptors (Lipinski definition) is 6. The summed E-state index contributed by atoms with van der Waals surface area (Å²) in [5.41, 5.74) is 5.55. The van der Waals surface area contributed by atoms with Gasteiger partial charge in [0.25, 0.3) is 0 Å². The van der Waals surface area contributed by atoms with E-state index in [0.29, 0.717) is 18.3 Å². The van der Waals surface area contributed by atoms with Crippen LogP contribution in [0.5, 0.6) is 0 Å². The third kappa shape index (κ3) is 4.19. The third-order valence-corrected chi connectivity index (χ3v) is 7.15. The molecule has 1 N–H and O–H groups in total. The van der Waals surface area contributed by atoms with Gasteiger partial charge in [0.1, 0.15) is 12.9 Å². The van der Waals surface area contributed by atoms with Gasteiger partial charge in [0, 0.05) is 35.6 Å². The zero-order chi connectivity index (χ0) is 22.1. The second-order valence-corrected chi connectivity index (χ2v) is 9.28. The van der Waals surface area contributed by atoms with Gasteiger partial charge >= 0.3 is 0 Å². The Bertz CT molecular complexity index is 1090. The number of rotatable bonds is 6. The van der Waals surface area contributed by atoms with Crippen molar-refractivity contribution in [1.82, 2.24) is 19.6 Å². The van der Waals surface area contributed by atoms with Crippen LogP contribution in [0.1, 0.15) is 67.8 Å². The first kappa shape index (κ1) is 21.2. The fourth-order valence-electron chi connectivity index (χ4n) is 5.18. The van der Waals surface area contributed by atoms with E-state index in [1.807, 2.05) is 23.1 Å². The summed E-state index contributed by atoms with van der Waals surface area (Å²) in [4.78, 5) is 20.1. The summed E-state index contributed by atoms with van der Waals surface area (Å²) in [7, 11) is 0. The molecule has 2 aliphatic carbocycles. The van der Waals surface area contributed by atoms with E-state index in [-0.39, 0.29) is 18.1 Å². The molecule has 7 nitrogen and oxygen atoms in total. The molecule has 0 spiro atoms. The molecule has 0 bridgehead atoms. The number of hydrogen-bond donors (Lipinski definition) is 1. The Morgan fingerprint density at radius 2 is 1.91 bits per heavy atom. The Balaban J connectivity index is 1.35. The molecule has 3 heterocycles. The molecule has 3 aromatic rings. The molecule has 2 saturated carbocycles. The Hall–Kier alpha value is -2.64. The zero-order valence-electron chi connectivity index (χ0n) is 18.5. The van der Waals surface area contributed by atoms with Crippen LogP contribution in [0.25, 0.3) is 16.6 Å². The van der Waals surface area contributed by atoms with Crippen molar-refractivity contribution >= 4 is 11.8 Å². The fraction of sp³-hybridized carbons (Fsp3) is 0.520. The molecule has 2 aliphatic rings. The summed E-state index contributed by atoms with van der Waals surface area (Å²) in [5.74, 6) is 1.28. The lowest BCUT2D eigenvalue weighted by atomic mass is 9.79. The van der Waals surface area contributed by atoms with Crippen LogP contribution < -0.4 is 0 Å². The summed E-state index contributed by atoms with van der Waals surface area (Å²) in [6, 6.07) is 2.19. The highest BCUT2D eigenvalue weighted by atomic mass is 16.5. The monoisotopic (exact) mass is 434 g/mol. The quantitative estimate of drug-likeness (QED) is 0.590. The maximum absolute atomic E-state index is 11.1. The number of aldehydes is 1. The summed E-state index contributed by atoms with van der Waals surface area (Å²) < 4.78 is 7.76. The predicted octanol–water partition coefficient (Wildman–Crippen LogP) is 4.00. The van der Waals surface area contributed by atoms with E-state index < -0.39 is 0 Å². The van der Waals surface area contributed by atoms with Gasteiger partial charge in [-0.1, -0.05) is 0 Å². The number of aryl methyl sites for hydroxylation is 1. The van der Waals surface area contributed by atoms with Crippen molar-refractivity contribution in [2.75, 3.05) is 0 Å². The highest BCUT2D eigenvalue weighted by molar-refractivity contribution is 5.72. The molecule has 3 aromatic heterocycles. The van der Waals surface area contributed by atoms with Crippen molar-refractivity contribution in [1.29, 1.82) is 0 Å². The first-order chi connectivity index (χ1) is 15.6. The lowest BCUT2D eigenvalue weighted by molar-refractivity contribution is -0.111. The minimum atomic E-state index is -0.373. The smallest absolute Gasteiger partial charge is 0.153 e. The van der Waals surface area contributed by atoms with Crippen LogP contribution in [-0.4, -0.2) is 43.2 Å². The Kier molecular flexibility index (Phi) is 6.02. The van der Waals surface area contributed by atoms with Gasteiger partial charge in [0.15, 0.2) is 5.82 Å². The first-order valence-electron chi connectivity index (χ1n) is 11.7. The number of aliphatic hydroxyl groups is 1. The molecule has 0 amide bonds. The van der Waals surface area contributed by atoms with E-state index in [2.05, 4.69) is 34.3 Å². The van der Waals surface area contributed by atoms with Crippen molar-refractivity contribution in [3.63, 3.8) is 0 Å². The van der Waals surface area contributed by atoms with Crippen molar-refractivity contribution in [3.05, 3.63) is 47.8 Å². The molecule has 0 unspecified atom stereocenters. The van der Waals surface area contributed by atoms with Crippen LogP contribution >= 0.6 is 0 Å². The molecular weight excluding hydrogens is 404 g/mol. The highest BCUT2D eigenvalue weighted by Gasteiger charge is 2.26. The molecule has 5 rings (SSSR count). The first-order valence-corrected chi connectivity index (χ1v) is 11.7. The molecule has 0 aromatic carbocycles. The van der Waals surface area contributed by atoms with Crippen molar-refractivity contribution in [2.45, 2.75) is 76.6 Å². The summed E-state index contributed by atoms with van der Waals surface area (Å²) in [6.45, 7) is 2.39. The topological polar surface area (TPSA) is 89.6 Å². The zero-order valence-corrected chi connectivity index (χ0v) is 18.5. The summed E-state index contributed by atoms with van der Waals surface area (Å²) in [5, 5.41) is 14.5. The normalized spacial score (nSPS) is 25.9. The van der Waals surface area contributed by atoms with Gasteiger partial charge in [-0.05, 0) is 75.0 Å². The Morgan fingerprint density at radius 1 is 1.12 bits per heavy atom. The van der Waals surface area contributed by atoms with Crippen LogP contribution in [0.4, 0.5) is 0 Å². The number of aliphatic hydroxyl groups excluding tert-OH is 1. The van der Waals surface area contributed by atoms with E-state index in [1.54, 1.807) is 0 Å². The lowest BCUT2D eigenvalue weighted by Gasteiger charge is -2.25. The summed E-state index contributed by atoms with van der Waals surface area (Å²) >= 11 is 0. The van der Waals surface area contributed by atoms with E-state index in [9.17, 15) is 9.90 Å². The van der Waals surface area contributed by atoms with Crippen LogP contribution in [0, 0.1) is 12.8 Å². The van der Waals surface area contributed by atoms with Crippen molar-refractivity contribution in [3.8, 4) is 11.1 Å². The number of pyridine rings is 1. The molecule has 0 saturated heterocycles. The number of ether oxygens (including phenoxy) is 1. The number of aromatic nitrogens is 4. The van der Waals surface area contributed by atoms with Crippen LogP contribution in [-0.2, 0) is 16.1 Å². The van der Waals surface area contributed by atoms with Gasteiger partial charge in [-0.25, -0.2) is 14.5 Å². The van der Waals surface area contributed by atoms with Crippen LogP contribution in [0.2, 0.25) is 0 Å². The van der Waals surface area contributed by atoms with Crippen LogP contribution in [0.15, 0.2) is 30.9 Å². The molecule has 2 fully saturated rings. The van der Waals surface area contributed by atoms with Crippen molar-refractivity contribution < 1.29 is 14.6 Å². The maximum atomic E-state index is 11.1. The summed E-state index contributed by atoms with van der Waals surface area (Å²) in [6.07, 6.45) is 15.0. The number of fused-ring (bicyclic) bond motifs is 1. The fourth-order valence-corrected chi connectivity index (χ4v) is 5.18. The second-order valence-electron chi connectivity index (χ2n) is 9.28. The lowest BCUT2D eigenvalue weighted by Crippen LogP contribution is -2.22. The average molecular weight is 435 g/mol. The molecule has 0 radical (unpaired) electrons. The van der Waals surface area contributed by atoms with Gasteiger partial charge in [-0.15, -0.1) is 0 Å². The van der Waals surface area contributed by atoms with Gasteiger partial charge in [0.05, 0.1) is 23.9 Å². The van der Waals surface area contributed by atoms with Gasteiger partial charge in [-0.2, -0.15) is 5.10 Å². The molecular formula is C25H30N4O3. The van der Waals surface area contributed by atoms with E-state index in [1.165, 1.54) is 5.56 Å². The average Bonchev–Trinajstić information content (AvgIpc) is 3.43. The highest BCUT2D eigenvalue weighted by Crippen LogP contribution is 2.38. The number of carbonyl (C=O) groups is 1. The number of nitrogens with zero attached hydrogens (tertiary/aromatic N) is 4. The molecule has 0 aliphatic heterocycles. The van der Waals surface area contributed by atoms with E-state index in [0.717, 1.165) is 73.4 Å². The van der Waals surface area contributed by atoms with Crippen LogP contribution in [0.3, 0.4) is 0 Å². The van der Waals surface area contributed by atoms with E-state index in [4.69, 9.17) is 4.74 Å². The van der Waals surface area contributed by atoms with Crippen molar-refractivity contribution in [2.24, 2.45) is 5.92 Å². The number of carbonyl (C=O) groups excluding carboxylic acids is 1. The third-order valence-electron chi connectivity index (χ3n) is 7.15. The minimum absolute atomic E-state index is 0.107. The molecule has 32 heavy (non-hydrogen) atoms. The minimum Gasteiger partial charge on any atom is -0.390 e. The van der Waals surface area contributed by atoms with Gasteiger partial charge in [-0.3, -0.25) is 0 Å². The molecule has 7 heteroatoms. The predicted molar refractivity (Wildman–Crippen MR) is 120 cm³/mol. The Labute approximate surface area is 187 Å². The van der Waals surface area contributed by atoms with Gasteiger partial charge < -0.3 is 14.6 Å². The molecule has 2 atom stereocenters. The van der Waals surface area contributed by atoms with E-state index >= 15 is 0 Å². The molecule has 168 valence electrons. The largest absolute Gasteiger partial charge is 0.390 e. The second kappa shape index (κ2) is 9.08. The standard InChI is InChI=1S/C25H30N4O3/c1-16-13-29-22(21(12-28-29)18-7-5-17(14-30)6-8-18)9-20(16)19-10-26-25(27-11-19)15-32-24-4-2-3-23(24)31/h9-14,17-18,23-24,31H,2-8,15H2,1H3/t17?,18?,23-,24-/m0/s1. The Morgan fingerprint density at radius 3 is 2.59 bits per heavy atom.